The summed E-state index contributed by atoms with van der Waals surface area (Å²) in [7, 11) is 0. The first-order valence-corrected chi connectivity index (χ1v) is 10.2. The fourth-order valence-corrected chi connectivity index (χ4v) is 6.65. The van der Waals surface area contributed by atoms with E-state index in [0.29, 0.717) is 17.7 Å². The molecule has 0 unspecified atom stereocenters. The Morgan fingerprint density at radius 2 is 2.12 bits per heavy atom. The standard InChI is InChI=1S/C22H27NO3/c1-21(2)10-14-15-9-13-5-6-16(24)18-17(13)22(14,20(26-18)19(21)25)7-8-23(15)11-12-3-4-12/h5-6,12,14-15,20,24H,3-4,7-11H2,1-2H3/t14-,15+,20-,22-/m0/s1. The summed E-state index contributed by atoms with van der Waals surface area (Å²) >= 11 is 0. The second-order valence-corrected chi connectivity index (χ2v) is 10.0. The number of benzene rings is 1. The third-order valence-corrected chi connectivity index (χ3v) is 8.05. The van der Waals surface area contributed by atoms with Gasteiger partial charge in [0.15, 0.2) is 23.4 Å². The molecular formula is C22H27NO3. The minimum absolute atomic E-state index is 0.204. The van der Waals surface area contributed by atoms with Crippen molar-refractivity contribution >= 4 is 5.78 Å². The van der Waals surface area contributed by atoms with E-state index in [1.54, 1.807) is 6.07 Å². The maximum Gasteiger partial charge on any atom is 0.179 e. The number of hydrogen-bond donors (Lipinski definition) is 1. The SMILES string of the molecule is CC1(C)C[C@H]2[C@H]3Cc4ccc(O)c5c4[C@@]2(CCN3CC2CC2)[C@@H](O5)C1=O. The van der Waals surface area contributed by atoms with Gasteiger partial charge in [0.05, 0.1) is 0 Å². The number of ether oxygens (including phenoxy) is 1. The van der Waals surface area contributed by atoms with E-state index in [1.807, 2.05) is 0 Å². The van der Waals surface area contributed by atoms with Gasteiger partial charge in [-0.05, 0) is 62.1 Å². The molecule has 0 aromatic heterocycles. The highest BCUT2D eigenvalue weighted by Gasteiger charge is 2.69. The Balaban J connectivity index is 1.55. The van der Waals surface area contributed by atoms with Gasteiger partial charge in [-0.2, -0.15) is 0 Å². The fourth-order valence-electron chi connectivity index (χ4n) is 6.65. The molecule has 0 radical (unpaired) electrons. The molecule has 1 N–H and O–H groups in total. The molecule has 2 aliphatic heterocycles. The van der Waals surface area contributed by atoms with Crippen LogP contribution in [0.2, 0.25) is 0 Å². The molecule has 3 aliphatic carbocycles. The molecule has 6 rings (SSSR count). The summed E-state index contributed by atoms with van der Waals surface area (Å²) in [6, 6.07) is 4.35. The second-order valence-electron chi connectivity index (χ2n) is 10.0. The van der Waals surface area contributed by atoms with Crippen molar-refractivity contribution in [3.8, 4) is 11.5 Å². The number of aromatic hydroxyl groups is 1. The summed E-state index contributed by atoms with van der Waals surface area (Å²) in [5.74, 6) is 2.37. The number of rotatable bonds is 2. The van der Waals surface area contributed by atoms with Gasteiger partial charge in [-0.3, -0.25) is 9.69 Å². The lowest BCUT2D eigenvalue weighted by Gasteiger charge is -2.60. The number of phenols is 1. The second kappa shape index (κ2) is 4.64. The molecule has 1 aromatic rings. The number of likely N-dealkylation sites (tertiary alicyclic amines) is 1. The Kier molecular flexibility index (Phi) is 2.77. The molecule has 4 heteroatoms. The van der Waals surface area contributed by atoms with Gasteiger partial charge >= 0.3 is 0 Å². The van der Waals surface area contributed by atoms with Crippen LogP contribution in [0.5, 0.6) is 11.5 Å². The lowest BCUT2D eigenvalue weighted by Crippen LogP contribution is -2.69. The Hall–Kier alpha value is -1.55. The summed E-state index contributed by atoms with van der Waals surface area (Å²) in [5, 5.41) is 10.5. The smallest absolute Gasteiger partial charge is 0.179 e. The quantitative estimate of drug-likeness (QED) is 0.888. The minimum Gasteiger partial charge on any atom is -0.504 e. The molecule has 2 heterocycles. The Bertz CT molecular complexity index is 827. The number of nitrogens with zero attached hydrogens (tertiary/aromatic N) is 1. The largest absolute Gasteiger partial charge is 0.504 e. The summed E-state index contributed by atoms with van der Waals surface area (Å²) in [6.45, 7) is 6.45. The van der Waals surface area contributed by atoms with E-state index in [1.165, 1.54) is 30.5 Å². The third-order valence-electron chi connectivity index (χ3n) is 8.05. The molecule has 4 atom stereocenters. The van der Waals surface area contributed by atoms with Crippen LogP contribution in [-0.2, 0) is 16.6 Å². The first-order valence-electron chi connectivity index (χ1n) is 10.2. The number of phenolic OH excluding ortho intramolecular Hbond substituents is 1. The Labute approximate surface area is 154 Å². The highest BCUT2D eigenvalue weighted by atomic mass is 16.5. The number of carbonyl (C=O) groups is 1. The first-order chi connectivity index (χ1) is 12.4. The maximum atomic E-state index is 13.3. The van der Waals surface area contributed by atoms with Crippen molar-refractivity contribution in [2.45, 2.75) is 63.5 Å². The van der Waals surface area contributed by atoms with Crippen molar-refractivity contribution in [1.82, 2.24) is 4.90 Å². The maximum absolute atomic E-state index is 13.3. The molecule has 1 spiro atoms. The average molecular weight is 353 g/mol. The molecule has 1 saturated heterocycles. The predicted octanol–water partition coefficient (Wildman–Crippen LogP) is 3.05. The molecule has 138 valence electrons. The van der Waals surface area contributed by atoms with E-state index < -0.39 is 6.10 Å². The van der Waals surface area contributed by atoms with E-state index in [0.717, 1.165) is 31.7 Å². The van der Waals surface area contributed by atoms with E-state index in [4.69, 9.17) is 4.74 Å². The van der Waals surface area contributed by atoms with Crippen molar-refractivity contribution in [1.29, 1.82) is 0 Å². The number of carbonyl (C=O) groups excluding carboxylic acids is 1. The zero-order valence-electron chi connectivity index (χ0n) is 15.6. The van der Waals surface area contributed by atoms with E-state index >= 15 is 0 Å². The molecule has 2 bridgehead atoms. The van der Waals surface area contributed by atoms with Crippen LogP contribution >= 0.6 is 0 Å². The lowest BCUT2D eigenvalue weighted by atomic mass is 9.48. The number of ketones is 1. The van der Waals surface area contributed by atoms with Crippen molar-refractivity contribution in [3.05, 3.63) is 23.3 Å². The van der Waals surface area contributed by atoms with Crippen molar-refractivity contribution in [2.24, 2.45) is 17.3 Å². The summed E-state index contributed by atoms with van der Waals surface area (Å²) < 4.78 is 6.27. The predicted molar refractivity (Wildman–Crippen MR) is 97.5 cm³/mol. The van der Waals surface area contributed by atoms with Crippen molar-refractivity contribution in [2.75, 3.05) is 13.1 Å². The summed E-state index contributed by atoms with van der Waals surface area (Å²) in [4.78, 5) is 16.1. The summed E-state index contributed by atoms with van der Waals surface area (Å²) in [6.07, 6.45) is 5.29. The van der Waals surface area contributed by atoms with Gasteiger partial charge in [0, 0.05) is 29.0 Å². The molecule has 0 amide bonds. The van der Waals surface area contributed by atoms with Crippen molar-refractivity contribution < 1.29 is 14.6 Å². The molecule has 1 aromatic carbocycles. The molecule has 5 aliphatic rings. The number of piperidine rings is 1. The minimum atomic E-state index is -0.413. The van der Waals surface area contributed by atoms with E-state index in [-0.39, 0.29) is 22.4 Å². The van der Waals surface area contributed by atoms with Crippen molar-refractivity contribution in [3.63, 3.8) is 0 Å². The van der Waals surface area contributed by atoms with E-state index in [2.05, 4.69) is 24.8 Å². The van der Waals surface area contributed by atoms with Crippen LogP contribution < -0.4 is 4.74 Å². The highest BCUT2D eigenvalue weighted by Crippen LogP contribution is 2.65. The molecule has 2 saturated carbocycles. The first kappa shape index (κ1) is 15.5. The summed E-state index contributed by atoms with van der Waals surface area (Å²) in [5.41, 5.74) is 1.92. The third kappa shape index (κ3) is 1.72. The lowest BCUT2D eigenvalue weighted by molar-refractivity contribution is -0.153. The normalized spacial score (nSPS) is 39.5. The topological polar surface area (TPSA) is 49.8 Å². The van der Waals surface area contributed by atoms with E-state index in [9.17, 15) is 9.90 Å². The van der Waals surface area contributed by atoms with Crippen LogP contribution in [-0.4, -0.2) is 41.0 Å². The van der Waals surface area contributed by atoms with Gasteiger partial charge in [0.25, 0.3) is 0 Å². The van der Waals surface area contributed by atoms with Gasteiger partial charge in [0.2, 0.25) is 0 Å². The monoisotopic (exact) mass is 353 g/mol. The highest BCUT2D eigenvalue weighted by molar-refractivity contribution is 5.93. The van der Waals surface area contributed by atoms with Crippen LogP contribution in [0.4, 0.5) is 0 Å². The molecular weight excluding hydrogens is 326 g/mol. The van der Waals surface area contributed by atoms with Gasteiger partial charge < -0.3 is 9.84 Å². The fraction of sp³-hybridized carbons (Fsp3) is 0.682. The van der Waals surface area contributed by atoms with Gasteiger partial charge in [-0.15, -0.1) is 0 Å². The zero-order valence-corrected chi connectivity index (χ0v) is 15.6. The van der Waals surface area contributed by atoms with Gasteiger partial charge in [-0.1, -0.05) is 19.9 Å². The van der Waals surface area contributed by atoms with Crippen LogP contribution in [0.25, 0.3) is 0 Å². The van der Waals surface area contributed by atoms with Crippen LogP contribution in [0, 0.1) is 17.3 Å². The zero-order chi connectivity index (χ0) is 17.8. The molecule has 26 heavy (non-hydrogen) atoms. The molecule has 3 fully saturated rings. The Morgan fingerprint density at radius 1 is 1.31 bits per heavy atom. The molecule has 4 nitrogen and oxygen atoms in total. The van der Waals surface area contributed by atoms with Gasteiger partial charge in [0.1, 0.15) is 0 Å². The van der Waals surface area contributed by atoms with Crippen LogP contribution in [0.3, 0.4) is 0 Å². The average Bonchev–Trinajstić information content (AvgIpc) is 3.33. The number of Topliss-reactive ketones (excluding diaryl/α,β-unsaturated/α-hetero) is 1. The van der Waals surface area contributed by atoms with Crippen LogP contribution in [0.1, 0.15) is 50.7 Å². The Morgan fingerprint density at radius 3 is 2.88 bits per heavy atom. The van der Waals surface area contributed by atoms with Gasteiger partial charge in [-0.25, -0.2) is 0 Å². The van der Waals surface area contributed by atoms with Crippen LogP contribution in [0.15, 0.2) is 12.1 Å². The number of hydrogen-bond acceptors (Lipinski definition) is 4.